The van der Waals surface area contributed by atoms with E-state index in [4.69, 9.17) is 10.8 Å². The van der Waals surface area contributed by atoms with Crippen molar-refractivity contribution >= 4 is 0 Å². The lowest BCUT2D eigenvalue weighted by Crippen LogP contribution is -2.48. The topological polar surface area (TPSA) is 58.3 Å². The molecule has 0 aromatic heterocycles. The van der Waals surface area contributed by atoms with Crippen molar-refractivity contribution in [3.63, 3.8) is 0 Å². The van der Waals surface area contributed by atoms with Gasteiger partial charge in [0, 0.05) is 12.1 Å². The SMILES string of the molecule is CNCC(C)(N)CO. The highest BCUT2D eigenvalue weighted by Crippen LogP contribution is 1.91. The first-order valence-corrected chi connectivity index (χ1v) is 2.67. The second kappa shape index (κ2) is 3.02. The van der Waals surface area contributed by atoms with Crippen LogP contribution in [0, 0.1) is 0 Å². The van der Waals surface area contributed by atoms with Crippen molar-refractivity contribution in [2.45, 2.75) is 12.5 Å². The van der Waals surface area contributed by atoms with Crippen LogP contribution in [0.15, 0.2) is 0 Å². The van der Waals surface area contributed by atoms with Gasteiger partial charge in [-0.1, -0.05) is 0 Å². The van der Waals surface area contributed by atoms with Gasteiger partial charge in [0.25, 0.3) is 0 Å². The zero-order chi connectivity index (χ0) is 6.62. The summed E-state index contributed by atoms with van der Waals surface area (Å²) in [6.45, 7) is 2.46. The molecule has 0 amide bonds. The Bertz CT molecular complexity index is 63.4. The van der Waals surface area contributed by atoms with E-state index in [1.54, 1.807) is 14.0 Å². The summed E-state index contributed by atoms with van der Waals surface area (Å²) in [5.41, 5.74) is 5.05. The van der Waals surface area contributed by atoms with Gasteiger partial charge < -0.3 is 16.2 Å². The van der Waals surface area contributed by atoms with Crippen LogP contribution in [0.1, 0.15) is 6.92 Å². The van der Waals surface area contributed by atoms with E-state index in [-0.39, 0.29) is 6.61 Å². The summed E-state index contributed by atoms with van der Waals surface area (Å²) >= 11 is 0. The first-order valence-electron chi connectivity index (χ1n) is 2.67. The first-order chi connectivity index (χ1) is 3.62. The molecule has 0 aromatic rings. The molecule has 0 aliphatic carbocycles. The van der Waals surface area contributed by atoms with E-state index in [0.29, 0.717) is 6.54 Å². The Kier molecular flexibility index (Phi) is 2.97. The fourth-order valence-electron chi connectivity index (χ4n) is 0.460. The van der Waals surface area contributed by atoms with Crippen LogP contribution in [0.3, 0.4) is 0 Å². The maximum Gasteiger partial charge on any atom is 0.0620 e. The maximum atomic E-state index is 8.56. The molecule has 3 heteroatoms. The Morgan fingerprint density at radius 3 is 2.38 bits per heavy atom. The molecule has 0 saturated carbocycles. The summed E-state index contributed by atoms with van der Waals surface area (Å²) in [6.07, 6.45) is 0. The second-order valence-electron chi connectivity index (χ2n) is 2.34. The molecule has 0 heterocycles. The molecule has 3 nitrogen and oxygen atoms in total. The predicted molar refractivity (Wildman–Crippen MR) is 33.6 cm³/mol. The normalized spacial score (nSPS) is 18.0. The van der Waals surface area contributed by atoms with Gasteiger partial charge in [-0.2, -0.15) is 0 Å². The average molecular weight is 118 g/mol. The molecule has 0 radical (unpaired) electrons. The van der Waals surface area contributed by atoms with E-state index in [1.165, 1.54) is 0 Å². The van der Waals surface area contributed by atoms with Crippen molar-refractivity contribution < 1.29 is 5.11 Å². The van der Waals surface area contributed by atoms with Crippen molar-refractivity contribution in [3.05, 3.63) is 0 Å². The van der Waals surface area contributed by atoms with E-state index < -0.39 is 5.54 Å². The third-order valence-corrected chi connectivity index (χ3v) is 0.942. The zero-order valence-electron chi connectivity index (χ0n) is 5.44. The molecular formula is C5H14N2O. The van der Waals surface area contributed by atoms with Gasteiger partial charge in [0.05, 0.1) is 6.61 Å². The van der Waals surface area contributed by atoms with Gasteiger partial charge in [-0.3, -0.25) is 0 Å². The predicted octanol–water partition coefficient (Wildman–Crippen LogP) is -1.08. The van der Waals surface area contributed by atoms with Crippen molar-refractivity contribution in [3.8, 4) is 0 Å². The van der Waals surface area contributed by atoms with Crippen LogP contribution in [-0.4, -0.2) is 30.8 Å². The van der Waals surface area contributed by atoms with Crippen molar-refractivity contribution in [1.82, 2.24) is 5.32 Å². The summed E-state index contributed by atoms with van der Waals surface area (Å²) in [5.74, 6) is 0. The third-order valence-electron chi connectivity index (χ3n) is 0.942. The molecule has 0 bridgehead atoms. The summed E-state index contributed by atoms with van der Waals surface area (Å²) in [6, 6.07) is 0. The molecule has 4 N–H and O–H groups in total. The van der Waals surface area contributed by atoms with Crippen LogP contribution >= 0.6 is 0 Å². The van der Waals surface area contributed by atoms with Gasteiger partial charge in [0.1, 0.15) is 0 Å². The lowest BCUT2D eigenvalue weighted by atomic mass is 10.1. The van der Waals surface area contributed by atoms with Crippen LogP contribution in [-0.2, 0) is 0 Å². The lowest BCUT2D eigenvalue weighted by molar-refractivity contribution is 0.207. The fraction of sp³-hybridized carbons (Fsp3) is 1.00. The van der Waals surface area contributed by atoms with E-state index in [0.717, 1.165) is 0 Å². The monoisotopic (exact) mass is 118 g/mol. The minimum Gasteiger partial charge on any atom is -0.394 e. The fourth-order valence-corrected chi connectivity index (χ4v) is 0.460. The Morgan fingerprint density at radius 1 is 1.75 bits per heavy atom. The number of hydrogen-bond acceptors (Lipinski definition) is 3. The highest BCUT2D eigenvalue weighted by Gasteiger charge is 2.14. The van der Waals surface area contributed by atoms with Crippen LogP contribution in [0.5, 0.6) is 0 Å². The van der Waals surface area contributed by atoms with Gasteiger partial charge in [0.15, 0.2) is 0 Å². The minimum absolute atomic E-state index is 0.0217. The van der Waals surface area contributed by atoms with Crippen molar-refractivity contribution in [1.29, 1.82) is 0 Å². The molecule has 0 rings (SSSR count). The highest BCUT2D eigenvalue weighted by molar-refractivity contribution is 4.78. The molecule has 0 spiro atoms. The molecule has 0 aliphatic rings. The molecule has 50 valence electrons. The minimum atomic E-state index is -0.464. The molecule has 0 saturated heterocycles. The highest BCUT2D eigenvalue weighted by atomic mass is 16.3. The number of aliphatic hydroxyl groups is 1. The van der Waals surface area contributed by atoms with Crippen LogP contribution < -0.4 is 11.1 Å². The average Bonchev–Trinajstić information content (AvgIpc) is 1.67. The molecule has 8 heavy (non-hydrogen) atoms. The molecule has 0 aromatic carbocycles. The summed E-state index contributed by atoms with van der Waals surface area (Å²) < 4.78 is 0. The molecule has 1 atom stereocenters. The van der Waals surface area contributed by atoms with E-state index >= 15 is 0 Å². The quantitative estimate of drug-likeness (QED) is 0.441. The van der Waals surface area contributed by atoms with Gasteiger partial charge in [-0.15, -0.1) is 0 Å². The van der Waals surface area contributed by atoms with E-state index in [1.807, 2.05) is 0 Å². The van der Waals surface area contributed by atoms with E-state index in [2.05, 4.69) is 5.32 Å². The zero-order valence-corrected chi connectivity index (χ0v) is 5.44. The van der Waals surface area contributed by atoms with Gasteiger partial charge >= 0.3 is 0 Å². The smallest absolute Gasteiger partial charge is 0.0620 e. The Labute approximate surface area is 49.9 Å². The summed E-state index contributed by atoms with van der Waals surface area (Å²) in [7, 11) is 1.81. The Morgan fingerprint density at radius 2 is 2.25 bits per heavy atom. The maximum absolute atomic E-state index is 8.56. The Hall–Kier alpha value is -0.120. The third kappa shape index (κ3) is 2.96. The Balaban J connectivity index is 3.37. The van der Waals surface area contributed by atoms with Crippen LogP contribution in [0.25, 0.3) is 0 Å². The molecule has 1 unspecified atom stereocenters. The number of nitrogens with two attached hydrogens (primary N) is 1. The van der Waals surface area contributed by atoms with Gasteiger partial charge in [-0.05, 0) is 14.0 Å². The summed E-state index contributed by atoms with van der Waals surface area (Å²) in [5, 5.41) is 11.4. The second-order valence-corrected chi connectivity index (χ2v) is 2.34. The van der Waals surface area contributed by atoms with Gasteiger partial charge in [-0.25, -0.2) is 0 Å². The number of nitrogens with one attached hydrogen (secondary N) is 1. The largest absolute Gasteiger partial charge is 0.394 e. The summed E-state index contributed by atoms with van der Waals surface area (Å²) in [4.78, 5) is 0. The molecular weight excluding hydrogens is 104 g/mol. The standard InChI is InChI=1S/C5H14N2O/c1-5(6,4-8)3-7-2/h7-8H,3-4,6H2,1-2H3. The van der Waals surface area contributed by atoms with Crippen molar-refractivity contribution in [2.24, 2.45) is 5.73 Å². The number of aliphatic hydroxyl groups excluding tert-OH is 1. The lowest BCUT2D eigenvalue weighted by Gasteiger charge is -2.20. The number of rotatable bonds is 3. The molecule has 0 aliphatic heterocycles. The first kappa shape index (κ1) is 7.88. The van der Waals surface area contributed by atoms with E-state index in [9.17, 15) is 0 Å². The van der Waals surface area contributed by atoms with Crippen LogP contribution in [0.4, 0.5) is 0 Å². The van der Waals surface area contributed by atoms with Gasteiger partial charge in [0.2, 0.25) is 0 Å². The number of hydrogen-bond donors (Lipinski definition) is 3. The molecule has 0 fully saturated rings. The van der Waals surface area contributed by atoms with Crippen LogP contribution in [0.2, 0.25) is 0 Å². The van der Waals surface area contributed by atoms with Crippen molar-refractivity contribution in [2.75, 3.05) is 20.2 Å². The number of likely N-dealkylation sites (N-methyl/N-ethyl adjacent to an activating group) is 1.